The average molecular weight is 570 g/mol. The van der Waals surface area contributed by atoms with Crippen LogP contribution in [0.5, 0.6) is 5.75 Å². The molecule has 0 aliphatic carbocycles. The molecule has 0 saturated heterocycles. The number of nitrogens with one attached hydrogen (secondary N) is 1. The molecule has 7 nitrogen and oxygen atoms in total. The zero-order valence-corrected chi connectivity index (χ0v) is 24.3. The van der Waals surface area contributed by atoms with Gasteiger partial charge < -0.3 is 24.6 Å². The van der Waals surface area contributed by atoms with E-state index in [1.54, 1.807) is 42.7 Å². The van der Waals surface area contributed by atoms with Gasteiger partial charge in [0, 0.05) is 42.4 Å². The minimum atomic E-state index is -0.354. The van der Waals surface area contributed by atoms with Gasteiger partial charge in [0.05, 0.1) is 6.04 Å². The van der Waals surface area contributed by atoms with Crippen molar-refractivity contribution in [3.63, 3.8) is 0 Å². The van der Waals surface area contributed by atoms with Crippen molar-refractivity contribution in [1.82, 2.24) is 9.80 Å². The van der Waals surface area contributed by atoms with Gasteiger partial charge in [0.15, 0.2) is 0 Å². The second kappa shape index (κ2) is 13.8. The Labute approximate surface area is 239 Å². The number of urea groups is 1. The minimum Gasteiger partial charge on any atom is -0.491 e. The van der Waals surface area contributed by atoms with E-state index >= 15 is 0 Å². The SMILES string of the molecule is COCCCN(CC(=O)N1CCc2sccc2C1COc1ccc(C(C)C)cc1)C(=O)Nc1cccc(Cl)c1. The maximum atomic E-state index is 13.7. The van der Waals surface area contributed by atoms with Crippen molar-refractivity contribution in [2.75, 3.05) is 45.3 Å². The van der Waals surface area contributed by atoms with Gasteiger partial charge >= 0.3 is 6.03 Å². The summed E-state index contributed by atoms with van der Waals surface area (Å²) in [7, 11) is 1.62. The van der Waals surface area contributed by atoms with Gasteiger partial charge in [-0.3, -0.25) is 4.79 Å². The highest BCUT2D eigenvalue weighted by Gasteiger charge is 2.33. The predicted octanol–water partition coefficient (Wildman–Crippen LogP) is 6.60. The first kappa shape index (κ1) is 28.9. The highest BCUT2D eigenvalue weighted by molar-refractivity contribution is 7.10. The molecule has 0 spiro atoms. The number of halogens is 1. The van der Waals surface area contributed by atoms with Crippen LogP contribution in [0.25, 0.3) is 0 Å². The first-order chi connectivity index (χ1) is 18.9. The third kappa shape index (κ3) is 7.75. The van der Waals surface area contributed by atoms with Crippen LogP contribution in [0.4, 0.5) is 10.5 Å². The number of ether oxygens (including phenoxy) is 2. The monoisotopic (exact) mass is 569 g/mol. The van der Waals surface area contributed by atoms with E-state index in [2.05, 4.69) is 42.7 Å². The molecule has 1 atom stereocenters. The Balaban J connectivity index is 1.48. The number of fused-ring (bicyclic) bond motifs is 1. The van der Waals surface area contributed by atoms with E-state index in [0.717, 1.165) is 17.7 Å². The molecule has 1 aliphatic heterocycles. The second-order valence-corrected chi connectivity index (χ2v) is 11.3. The lowest BCUT2D eigenvalue weighted by atomic mass is 10.00. The van der Waals surface area contributed by atoms with E-state index in [1.165, 1.54) is 15.3 Å². The molecule has 2 aromatic carbocycles. The number of benzene rings is 2. The molecule has 1 unspecified atom stereocenters. The van der Waals surface area contributed by atoms with Crippen LogP contribution in [0.15, 0.2) is 60.0 Å². The van der Waals surface area contributed by atoms with Crippen LogP contribution in [0, 0.1) is 0 Å². The predicted molar refractivity (Wildman–Crippen MR) is 157 cm³/mol. The van der Waals surface area contributed by atoms with Gasteiger partial charge in [-0.15, -0.1) is 11.3 Å². The summed E-state index contributed by atoms with van der Waals surface area (Å²) in [6.07, 6.45) is 1.40. The highest BCUT2D eigenvalue weighted by atomic mass is 35.5. The minimum absolute atomic E-state index is 0.0465. The first-order valence-electron chi connectivity index (χ1n) is 13.2. The molecule has 1 aliphatic rings. The summed E-state index contributed by atoms with van der Waals surface area (Å²) in [4.78, 5) is 31.6. The molecule has 39 heavy (non-hydrogen) atoms. The summed E-state index contributed by atoms with van der Waals surface area (Å²) in [5, 5.41) is 5.46. The second-order valence-electron chi connectivity index (χ2n) is 9.90. The zero-order chi connectivity index (χ0) is 27.8. The van der Waals surface area contributed by atoms with Crippen LogP contribution in [0.3, 0.4) is 0 Å². The number of hydrogen-bond donors (Lipinski definition) is 1. The molecule has 1 aromatic heterocycles. The summed E-state index contributed by atoms with van der Waals surface area (Å²) in [6.45, 7) is 6.06. The quantitative estimate of drug-likeness (QED) is 0.264. The third-order valence-corrected chi connectivity index (χ3v) is 8.07. The largest absolute Gasteiger partial charge is 0.491 e. The number of nitrogens with zero attached hydrogens (tertiary/aromatic N) is 2. The third-order valence-electron chi connectivity index (χ3n) is 6.84. The molecule has 0 fully saturated rings. The van der Waals surface area contributed by atoms with Gasteiger partial charge in [-0.1, -0.05) is 43.6 Å². The number of thiophene rings is 1. The smallest absolute Gasteiger partial charge is 0.322 e. The number of rotatable bonds is 11. The van der Waals surface area contributed by atoms with Gasteiger partial charge in [-0.05, 0) is 71.7 Å². The van der Waals surface area contributed by atoms with E-state index in [0.29, 0.717) is 49.4 Å². The van der Waals surface area contributed by atoms with Crippen molar-refractivity contribution >= 4 is 40.6 Å². The van der Waals surface area contributed by atoms with Gasteiger partial charge in [-0.25, -0.2) is 4.79 Å². The lowest BCUT2D eigenvalue weighted by molar-refractivity contribution is -0.135. The lowest BCUT2D eigenvalue weighted by Crippen LogP contribution is -2.49. The van der Waals surface area contributed by atoms with Gasteiger partial charge in [0.25, 0.3) is 0 Å². The molecular formula is C30H36ClN3O4S. The molecule has 1 N–H and O–H groups in total. The summed E-state index contributed by atoms with van der Waals surface area (Å²) < 4.78 is 11.4. The molecule has 0 bridgehead atoms. The molecule has 9 heteroatoms. The Kier molecular flexibility index (Phi) is 10.3. The van der Waals surface area contributed by atoms with E-state index in [-0.39, 0.29) is 24.5 Å². The van der Waals surface area contributed by atoms with Crippen LogP contribution < -0.4 is 10.1 Å². The number of anilines is 1. The molecule has 4 rings (SSSR count). The van der Waals surface area contributed by atoms with E-state index < -0.39 is 0 Å². The fraction of sp³-hybridized carbons (Fsp3) is 0.400. The van der Waals surface area contributed by atoms with E-state index in [4.69, 9.17) is 21.1 Å². The first-order valence-corrected chi connectivity index (χ1v) is 14.5. The van der Waals surface area contributed by atoms with E-state index in [1.807, 2.05) is 17.0 Å². The van der Waals surface area contributed by atoms with Gasteiger partial charge in [-0.2, -0.15) is 0 Å². The Hall–Kier alpha value is -3.07. The maximum absolute atomic E-state index is 13.7. The Morgan fingerprint density at radius 3 is 2.69 bits per heavy atom. The number of carbonyl (C=O) groups is 2. The molecular weight excluding hydrogens is 534 g/mol. The van der Waals surface area contributed by atoms with Crippen molar-refractivity contribution in [2.45, 2.75) is 38.6 Å². The fourth-order valence-electron chi connectivity index (χ4n) is 4.67. The van der Waals surface area contributed by atoms with Crippen molar-refractivity contribution < 1.29 is 19.1 Å². The Morgan fingerprint density at radius 2 is 1.97 bits per heavy atom. The standard InChI is InChI=1S/C30H36ClN3O4S/c1-21(2)22-8-10-25(11-9-22)38-20-27-26-13-17-39-28(26)12-15-34(27)29(35)19-33(14-5-16-37-3)30(36)32-24-7-4-6-23(31)18-24/h4,6-11,13,17-18,21,27H,5,12,14-16,19-20H2,1-3H3,(H,32,36). The summed E-state index contributed by atoms with van der Waals surface area (Å²) >= 11 is 7.80. The van der Waals surface area contributed by atoms with Gasteiger partial charge in [0.1, 0.15) is 18.9 Å². The van der Waals surface area contributed by atoms with Crippen LogP contribution in [0.2, 0.25) is 5.02 Å². The van der Waals surface area contributed by atoms with Crippen molar-refractivity contribution in [3.05, 3.63) is 81.0 Å². The molecule has 3 amide bonds. The summed E-state index contributed by atoms with van der Waals surface area (Å²) in [5.74, 6) is 1.10. The van der Waals surface area contributed by atoms with Crippen molar-refractivity contribution in [3.8, 4) is 5.75 Å². The molecule has 3 aromatic rings. The molecule has 0 saturated carbocycles. The van der Waals surface area contributed by atoms with Gasteiger partial charge in [0.2, 0.25) is 5.91 Å². The van der Waals surface area contributed by atoms with Crippen LogP contribution in [-0.4, -0.2) is 61.7 Å². The number of amides is 3. The maximum Gasteiger partial charge on any atom is 0.322 e. The number of carbonyl (C=O) groups excluding carboxylic acids is 2. The Bertz CT molecular complexity index is 1250. The Morgan fingerprint density at radius 1 is 1.18 bits per heavy atom. The molecule has 208 valence electrons. The van der Waals surface area contributed by atoms with E-state index in [9.17, 15) is 9.59 Å². The highest BCUT2D eigenvalue weighted by Crippen LogP contribution is 2.34. The van der Waals surface area contributed by atoms with Crippen molar-refractivity contribution in [2.24, 2.45) is 0 Å². The number of hydrogen-bond acceptors (Lipinski definition) is 5. The summed E-state index contributed by atoms with van der Waals surface area (Å²) in [5.41, 5.74) is 2.95. The molecule has 0 radical (unpaired) electrons. The topological polar surface area (TPSA) is 71.1 Å². The number of methoxy groups -OCH3 is 1. The molecule has 2 heterocycles. The van der Waals surface area contributed by atoms with Crippen molar-refractivity contribution in [1.29, 1.82) is 0 Å². The fourth-order valence-corrected chi connectivity index (χ4v) is 5.79. The average Bonchev–Trinajstić information content (AvgIpc) is 3.40. The van der Waals surface area contributed by atoms with Crippen LogP contribution in [-0.2, 0) is 16.0 Å². The summed E-state index contributed by atoms with van der Waals surface area (Å²) in [6, 6.07) is 16.6. The normalized spacial score (nSPS) is 14.7. The lowest BCUT2D eigenvalue weighted by Gasteiger charge is -2.37. The van der Waals surface area contributed by atoms with Crippen LogP contribution >= 0.6 is 22.9 Å². The zero-order valence-electron chi connectivity index (χ0n) is 22.7. The van der Waals surface area contributed by atoms with Crippen LogP contribution in [0.1, 0.15) is 48.2 Å².